The van der Waals surface area contributed by atoms with Crippen molar-refractivity contribution in [1.29, 1.82) is 0 Å². The van der Waals surface area contributed by atoms with Crippen LogP contribution in [0.15, 0.2) is 65.5 Å². The fourth-order valence-corrected chi connectivity index (χ4v) is 4.05. The summed E-state index contributed by atoms with van der Waals surface area (Å²) in [4.78, 5) is 30.2. The monoisotopic (exact) mass is 360 g/mol. The zero-order valence-corrected chi connectivity index (χ0v) is 15.4. The van der Waals surface area contributed by atoms with Crippen molar-refractivity contribution in [3.8, 4) is 0 Å². The van der Waals surface area contributed by atoms with Gasteiger partial charge in [-0.15, -0.1) is 0 Å². The van der Waals surface area contributed by atoms with Crippen molar-refractivity contribution < 1.29 is 4.79 Å². The lowest BCUT2D eigenvalue weighted by atomic mass is 9.88. The number of fused-ring (bicyclic) bond motifs is 1. The van der Waals surface area contributed by atoms with E-state index in [0.717, 1.165) is 47.8 Å². The lowest BCUT2D eigenvalue weighted by Gasteiger charge is -2.30. The molecule has 4 rings (SSSR count). The van der Waals surface area contributed by atoms with E-state index in [4.69, 9.17) is 0 Å². The normalized spacial score (nSPS) is 15.0. The summed E-state index contributed by atoms with van der Waals surface area (Å²) in [6.07, 6.45) is 5.37. The minimum Gasteiger partial charge on any atom is -0.322 e. The third-order valence-electron chi connectivity index (χ3n) is 5.45. The molecule has 0 radical (unpaired) electrons. The van der Waals surface area contributed by atoms with E-state index in [9.17, 15) is 9.59 Å². The molecule has 3 aromatic rings. The molecule has 0 saturated heterocycles. The topological polar surface area (TPSA) is 53.2 Å². The van der Waals surface area contributed by atoms with Crippen molar-refractivity contribution in [2.24, 2.45) is 5.92 Å². The van der Waals surface area contributed by atoms with Crippen molar-refractivity contribution in [2.45, 2.75) is 38.6 Å². The Morgan fingerprint density at radius 2 is 1.67 bits per heavy atom. The minimum absolute atomic E-state index is 0.0761. The second-order valence-corrected chi connectivity index (χ2v) is 7.30. The molecule has 0 spiro atoms. The predicted molar refractivity (Wildman–Crippen MR) is 109 cm³/mol. The fourth-order valence-electron chi connectivity index (χ4n) is 4.05. The van der Waals surface area contributed by atoms with Gasteiger partial charge in [-0.05, 0) is 36.6 Å². The molecule has 0 unspecified atom stereocenters. The standard InChI is InChI=1S/C23H24N2O2/c26-22-15-18(20-13-7-8-14-21(20)24-22)16-25(19-11-5-2-6-12-19)23(27)17-9-3-1-4-10-17/h2,5-8,11-15,17H,1,3-4,9-10,16H2,(H,24,26). The van der Waals surface area contributed by atoms with Crippen molar-refractivity contribution in [3.63, 3.8) is 0 Å². The number of hydrogen-bond acceptors (Lipinski definition) is 2. The Kier molecular flexibility index (Phi) is 5.05. The van der Waals surface area contributed by atoms with Crippen LogP contribution in [0.4, 0.5) is 5.69 Å². The van der Waals surface area contributed by atoms with Crippen LogP contribution >= 0.6 is 0 Å². The number of rotatable bonds is 4. The Hall–Kier alpha value is -2.88. The van der Waals surface area contributed by atoms with Crippen molar-refractivity contribution >= 4 is 22.5 Å². The zero-order chi connectivity index (χ0) is 18.6. The van der Waals surface area contributed by atoms with Gasteiger partial charge in [-0.1, -0.05) is 55.7 Å². The van der Waals surface area contributed by atoms with Gasteiger partial charge in [0.05, 0.1) is 6.54 Å². The molecule has 1 aliphatic rings. The zero-order valence-electron chi connectivity index (χ0n) is 15.4. The van der Waals surface area contributed by atoms with E-state index in [0.29, 0.717) is 6.54 Å². The number of aromatic amines is 1. The Morgan fingerprint density at radius 3 is 2.44 bits per heavy atom. The number of aromatic nitrogens is 1. The van der Waals surface area contributed by atoms with Crippen LogP contribution in [0.25, 0.3) is 10.9 Å². The Labute approximate surface area is 158 Å². The molecular weight excluding hydrogens is 336 g/mol. The number of nitrogens with one attached hydrogen (secondary N) is 1. The van der Waals surface area contributed by atoms with Crippen LogP contribution in [0.3, 0.4) is 0 Å². The third kappa shape index (κ3) is 3.80. The number of pyridine rings is 1. The van der Waals surface area contributed by atoms with Crippen LogP contribution in [0.1, 0.15) is 37.7 Å². The van der Waals surface area contributed by atoms with Crippen LogP contribution in [0.2, 0.25) is 0 Å². The SMILES string of the molecule is O=C(C1CCCCC1)N(Cc1cc(=O)[nH]c2ccccc12)c1ccccc1. The first-order chi connectivity index (χ1) is 13.2. The molecule has 0 atom stereocenters. The van der Waals surface area contributed by atoms with Gasteiger partial charge in [0, 0.05) is 28.6 Å². The Morgan fingerprint density at radius 1 is 0.963 bits per heavy atom. The first-order valence-corrected chi connectivity index (χ1v) is 9.70. The van der Waals surface area contributed by atoms with Gasteiger partial charge >= 0.3 is 0 Å². The maximum Gasteiger partial charge on any atom is 0.248 e. The van der Waals surface area contributed by atoms with E-state index >= 15 is 0 Å². The van der Waals surface area contributed by atoms with Crippen molar-refractivity contribution in [1.82, 2.24) is 4.98 Å². The molecule has 1 aliphatic carbocycles. The second kappa shape index (κ2) is 7.78. The summed E-state index contributed by atoms with van der Waals surface area (Å²) in [6, 6.07) is 19.2. The molecule has 1 amide bonds. The molecule has 1 N–H and O–H groups in total. The first-order valence-electron chi connectivity index (χ1n) is 9.70. The molecule has 1 heterocycles. The number of benzene rings is 2. The van der Waals surface area contributed by atoms with Gasteiger partial charge in [0.25, 0.3) is 0 Å². The molecule has 1 saturated carbocycles. The molecule has 1 aromatic heterocycles. The first kappa shape index (κ1) is 17.5. The minimum atomic E-state index is -0.137. The predicted octanol–water partition coefficient (Wildman–Crippen LogP) is 4.64. The highest BCUT2D eigenvalue weighted by atomic mass is 16.2. The highest BCUT2D eigenvalue weighted by molar-refractivity contribution is 5.95. The molecule has 1 fully saturated rings. The molecule has 27 heavy (non-hydrogen) atoms. The Bertz CT molecular complexity index is 988. The maximum atomic E-state index is 13.4. The highest BCUT2D eigenvalue weighted by Gasteiger charge is 2.27. The molecule has 4 nitrogen and oxygen atoms in total. The van der Waals surface area contributed by atoms with E-state index in [1.807, 2.05) is 59.5 Å². The van der Waals surface area contributed by atoms with Gasteiger partial charge in [-0.2, -0.15) is 0 Å². The summed E-state index contributed by atoms with van der Waals surface area (Å²) in [5.41, 5.74) is 2.43. The lowest BCUT2D eigenvalue weighted by molar-refractivity contribution is -0.123. The van der Waals surface area contributed by atoms with Crippen LogP contribution in [0, 0.1) is 5.92 Å². The molecule has 138 valence electrons. The van der Waals surface area contributed by atoms with Gasteiger partial charge in [0.2, 0.25) is 11.5 Å². The van der Waals surface area contributed by atoms with Crippen LogP contribution in [-0.4, -0.2) is 10.9 Å². The van der Waals surface area contributed by atoms with E-state index < -0.39 is 0 Å². The average molecular weight is 360 g/mol. The van der Waals surface area contributed by atoms with Crippen LogP contribution < -0.4 is 10.5 Å². The molecule has 2 aromatic carbocycles. The van der Waals surface area contributed by atoms with Gasteiger partial charge < -0.3 is 9.88 Å². The number of anilines is 1. The summed E-state index contributed by atoms with van der Waals surface area (Å²) in [5.74, 6) is 0.248. The maximum absolute atomic E-state index is 13.4. The van der Waals surface area contributed by atoms with E-state index in [2.05, 4.69) is 4.98 Å². The van der Waals surface area contributed by atoms with Gasteiger partial charge in [-0.3, -0.25) is 9.59 Å². The number of carbonyl (C=O) groups is 1. The van der Waals surface area contributed by atoms with E-state index in [1.54, 1.807) is 6.07 Å². The lowest BCUT2D eigenvalue weighted by Crippen LogP contribution is -2.37. The summed E-state index contributed by atoms with van der Waals surface area (Å²) in [7, 11) is 0. The molecule has 0 aliphatic heterocycles. The van der Waals surface area contributed by atoms with Crippen molar-refractivity contribution in [2.75, 3.05) is 4.90 Å². The number of hydrogen-bond donors (Lipinski definition) is 1. The molecule has 0 bridgehead atoms. The van der Waals surface area contributed by atoms with Gasteiger partial charge in [0.1, 0.15) is 0 Å². The summed E-state index contributed by atoms with van der Waals surface area (Å²) in [6.45, 7) is 0.407. The number of carbonyl (C=O) groups excluding carboxylic acids is 1. The highest BCUT2D eigenvalue weighted by Crippen LogP contribution is 2.29. The molecular formula is C23H24N2O2. The quantitative estimate of drug-likeness (QED) is 0.737. The number of nitrogens with zero attached hydrogens (tertiary/aromatic N) is 1. The van der Waals surface area contributed by atoms with E-state index in [-0.39, 0.29) is 17.4 Å². The smallest absolute Gasteiger partial charge is 0.248 e. The summed E-state index contributed by atoms with van der Waals surface area (Å²) < 4.78 is 0. The largest absolute Gasteiger partial charge is 0.322 e. The van der Waals surface area contributed by atoms with Crippen LogP contribution in [0.5, 0.6) is 0 Å². The van der Waals surface area contributed by atoms with Crippen LogP contribution in [-0.2, 0) is 11.3 Å². The Balaban J connectivity index is 1.74. The number of para-hydroxylation sites is 2. The second-order valence-electron chi connectivity index (χ2n) is 7.30. The van der Waals surface area contributed by atoms with Crippen molar-refractivity contribution in [3.05, 3.63) is 76.6 Å². The van der Waals surface area contributed by atoms with Gasteiger partial charge in [-0.25, -0.2) is 0 Å². The van der Waals surface area contributed by atoms with Gasteiger partial charge in [0.15, 0.2) is 0 Å². The number of amides is 1. The summed E-state index contributed by atoms with van der Waals surface area (Å²) >= 11 is 0. The van der Waals surface area contributed by atoms with E-state index in [1.165, 1.54) is 6.42 Å². The number of H-pyrrole nitrogens is 1. The fraction of sp³-hybridized carbons (Fsp3) is 0.304. The average Bonchev–Trinajstić information content (AvgIpc) is 2.72. The molecule has 4 heteroatoms. The summed E-state index contributed by atoms with van der Waals surface area (Å²) in [5, 5.41) is 0.981. The third-order valence-corrected chi connectivity index (χ3v) is 5.45.